The SMILES string of the molecule is CN(C)c1ccccc1C(=O)N1CC2CN(C3CCCC3)CC2(C(=O)O)C1. The van der Waals surface area contributed by atoms with Crippen molar-refractivity contribution in [1.82, 2.24) is 9.80 Å². The number of anilines is 1. The fraction of sp³-hybridized carbons (Fsp3) is 0.619. The van der Waals surface area contributed by atoms with Crippen LogP contribution < -0.4 is 4.90 Å². The number of aliphatic carboxylic acids is 1. The Labute approximate surface area is 160 Å². The average Bonchev–Trinajstić information content (AvgIpc) is 3.35. The molecule has 1 aliphatic carbocycles. The highest BCUT2D eigenvalue weighted by Gasteiger charge is 2.59. The van der Waals surface area contributed by atoms with Gasteiger partial charge >= 0.3 is 5.97 Å². The van der Waals surface area contributed by atoms with E-state index in [1.54, 1.807) is 4.90 Å². The van der Waals surface area contributed by atoms with Crippen molar-refractivity contribution in [3.63, 3.8) is 0 Å². The number of para-hydroxylation sites is 1. The molecule has 6 heteroatoms. The maximum absolute atomic E-state index is 13.2. The van der Waals surface area contributed by atoms with Crippen molar-refractivity contribution in [2.45, 2.75) is 31.7 Å². The van der Waals surface area contributed by atoms with Gasteiger partial charge in [-0.25, -0.2) is 0 Å². The Morgan fingerprint density at radius 3 is 2.44 bits per heavy atom. The summed E-state index contributed by atoms with van der Waals surface area (Å²) in [6.07, 6.45) is 4.86. The van der Waals surface area contributed by atoms with Gasteiger partial charge in [-0.1, -0.05) is 25.0 Å². The minimum atomic E-state index is -0.814. The number of hydrogen-bond acceptors (Lipinski definition) is 4. The van der Waals surface area contributed by atoms with Gasteiger partial charge in [0.05, 0.1) is 5.56 Å². The van der Waals surface area contributed by atoms with Crippen LogP contribution in [0.3, 0.4) is 0 Å². The van der Waals surface area contributed by atoms with Crippen molar-refractivity contribution in [2.75, 3.05) is 45.2 Å². The van der Waals surface area contributed by atoms with Crippen LogP contribution in [0, 0.1) is 11.3 Å². The van der Waals surface area contributed by atoms with Gasteiger partial charge in [0.1, 0.15) is 5.41 Å². The molecule has 0 aromatic heterocycles. The van der Waals surface area contributed by atoms with Gasteiger partial charge in [-0.15, -0.1) is 0 Å². The third-order valence-corrected chi connectivity index (χ3v) is 6.81. The van der Waals surface area contributed by atoms with Crippen LogP contribution in [0.25, 0.3) is 0 Å². The molecule has 146 valence electrons. The van der Waals surface area contributed by atoms with Crippen LogP contribution in [-0.2, 0) is 4.79 Å². The fourth-order valence-electron chi connectivity index (χ4n) is 5.32. The van der Waals surface area contributed by atoms with Crippen LogP contribution in [0.5, 0.6) is 0 Å². The van der Waals surface area contributed by atoms with E-state index >= 15 is 0 Å². The van der Waals surface area contributed by atoms with Crippen LogP contribution in [0.15, 0.2) is 24.3 Å². The van der Waals surface area contributed by atoms with Crippen LogP contribution >= 0.6 is 0 Å². The minimum Gasteiger partial charge on any atom is -0.481 e. The number of carboxylic acids is 1. The number of fused-ring (bicyclic) bond motifs is 1. The molecule has 1 aromatic rings. The third kappa shape index (κ3) is 3.00. The molecule has 2 atom stereocenters. The number of nitrogens with zero attached hydrogens (tertiary/aromatic N) is 3. The highest BCUT2D eigenvalue weighted by molar-refractivity contribution is 6.00. The first-order valence-electron chi connectivity index (χ1n) is 9.95. The topological polar surface area (TPSA) is 64.1 Å². The average molecular weight is 371 g/mol. The highest BCUT2D eigenvalue weighted by Crippen LogP contribution is 2.45. The highest BCUT2D eigenvalue weighted by atomic mass is 16.4. The number of carbonyl (C=O) groups excluding carboxylic acids is 1. The lowest BCUT2D eigenvalue weighted by Gasteiger charge is -2.29. The van der Waals surface area contributed by atoms with E-state index < -0.39 is 11.4 Å². The zero-order chi connectivity index (χ0) is 19.2. The van der Waals surface area contributed by atoms with Crippen molar-refractivity contribution in [1.29, 1.82) is 0 Å². The third-order valence-electron chi connectivity index (χ3n) is 6.81. The number of amides is 1. The van der Waals surface area contributed by atoms with E-state index in [1.807, 2.05) is 43.3 Å². The molecule has 2 aliphatic heterocycles. The van der Waals surface area contributed by atoms with Crippen molar-refractivity contribution in [3.8, 4) is 0 Å². The van der Waals surface area contributed by atoms with E-state index in [9.17, 15) is 14.7 Å². The lowest BCUT2D eigenvalue weighted by Crippen LogP contribution is -2.43. The molecule has 1 saturated carbocycles. The van der Waals surface area contributed by atoms with E-state index in [1.165, 1.54) is 25.7 Å². The van der Waals surface area contributed by atoms with Gasteiger partial charge in [-0.05, 0) is 25.0 Å². The number of hydrogen-bond donors (Lipinski definition) is 1. The Kier molecular flexibility index (Phi) is 4.62. The maximum atomic E-state index is 13.2. The van der Waals surface area contributed by atoms with Crippen molar-refractivity contribution >= 4 is 17.6 Å². The number of likely N-dealkylation sites (tertiary alicyclic amines) is 2. The summed E-state index contributed by atoms with van der Waals surface area (Å²) in [5.41, 5.74) is 0.706. The summed E-state index contributed by atoms with van der Waals surface area (Å²) in [6.45, 7) is 2.24. The van der Waals surface area contributed by atoms with Crippen LogP contribution in [0.4, 0.5) is 5.69 Å². The minimum absolute atomic E-state index is 0.0195. The molecule has 2 heterocycles. The van der Waals surface area contributed by atoms with Crippen LogP contribution in [0.2, 0.25) is 0 Å². The van der Waals surface area contributed by atoms with Gasteiger partial charge in [0.2, 0.25) is 0 Å². The monoisotopic (exact) mass is 371 g/mol. The fourth-order valence-corrected chi connectivity index (χ4v) is 5.32. The first-order valence-corrected chi connectivity index (χ1v) is 9.95. The standard InChI is InChI=1S/C21H29N3O3/c1-22(2)18-10-6-5-9-17(18)19(25)24-12-15-11-23(16-7-3-4-8-16)13-21(15,14-24)20(26)27/h5-6,9-10,15-16H,3-4,7-8,11-14H2,1-2H3,(H,26,27). The zero-order valence-electron chi connectivity index (χ0n) is 16.2. The molecule has 2 saturated heterocycles. The molecule has 4 rings (SSSR count). The molecule has 1 N–H and O–H groups in total. The molecule has 2 unspecified atom stereocenters. The van der Waals surface area contributed by atoms with Crippen molar-refractivity contribution in [3.05, 3.63) is 29.8 Å². The lowest BCUT2D eigenvalue weighted by atomic mass is 9.81. The summed E-state index contributed by atoms with van der Waals surface area (Å²) < 4.78 is 0. The summed E-state index contributed by atoms with van der Waals surface area (Å²) >= 11 is 0. The Morgan fingerprint density at radius 2 is 1.81 bits per heavy atom. The van der Waals surface area contributed by atoms with Gasteiger partial charge < -0.3 is 14.9 Å². The lowest BCUT2D eigenvalue weighted by molar-refractivity contribution is -0.148. The van der Waals surface area contributed by atoms with Crippen molar-refractivity contribution < 1.29 is 14.7 Å². The largest absolute Gasteiger partial charge is 0.481 e. The number of carbonyl (C=O) groups is 2. The number of rotatable bonds is 4. The molecule has 6 nitrogen and oxygen atoms in total. The molecule has 27 heavy (non-hydrogen) atoms. The predicted molar refractivity (Wildman–Crippen MR) is 104 cm³/mol. The van der Waals surface area contributed by atoms with Crippen LogP contribution in [0.1, 0.15) is 36.0 Å². The number of carboxylic acid groups (broad SMARTS) is 1. The normalized spacial score (nSPS) is 28.5. The maximum Gasteiger partial charge on any atom is 0.313 e. The summed E-state index contributed by atoms with van der Waals surface area (Å²) in [4.78, 5) is 31.6. The van der Waals surface area contributed by atoms with E-state index in [0.717, 1.165) is 12.2 Å². The molecule has 0 spiro atoms. The molecular formula is C21H29N3O3. The van der Waals surface area contributed by atoms with Gasteiger partial charge in [0.15, 0.2) is 0 Å². The second kappa shape index (κ2) is 6.82. The molecule has 3 fully saturated rings. The van der Waals surface area contributed by atoms with Gasteiger partial charge in [0, 0.05) is 57.9 Å². The quantitative estimate of drug-likeness (QED) is 0.879. The second-order valence-electron chi connectivity index (χ2n) is 8.62. The molecular weight excluding hydrogens is 342 g/mol. The molecule has 1 aromatic carbocycles. The van der Waals surface area contributed by atoms with E-state index in [2.05, 4.69) is 4.90 Å². The van der Waals surface area contributed by atoms with Gasteiger partial charge in [-0.3, -0.25) is 14.5 Å². The molecule has 0 bridgehead atoms. The second-order valence-corrected chi connectivity index (χ2v) is 8.62. The summed E-state index contributed by atoms with van der Waals surface area (Å²) in [6, 6.07) is 8.09. The molecule has 0 radical (unpaired) electrons. The van der Waals surface area contributed by atoms with E-state index in [4.69, 9.17) is 0 Å². The van der Waals surface area contributed by atoms with E-state index in [-0.39, 0.29) is 11.8 Å². The predicted octanol–water partition coefficient (Wildman–Crippen LogP) is 2.15. The van der Waals surface area contributed by atoms with Gasteiger partial charge in [0.25, 0.3) is 5.91 Å². The van der Waals surface area contributed by atoms with Crippen molar-refractivity contribution in [2.24, 2.45) is 11.3 Å². The first kappa shape index (κ1) is 18.3. The molecule has 3 aliphatic rings. The Hall–Kier alpha value is -2.08. The summed E-state index contributed by atoms with van der Waals surface area (Å²) in [5.74, 6) is -0.781. The summed E-state index contributed by atoms with van der Waals surface area (Å²) in [7, 11) is 3.84. The first-order chi connectivity index (χ1) is 12.9. The van der Waals surface area contributed by atoms with Gasteiger partial charge in [-0.2, -0.15) is 0 Å². The van der Waals surface area contributed by atoms with Crippen LogP contribution in [-0.4, -0.2) is 73.1 Å². The smallest absolute Gasteiger partial charge is 0.313 e. The Morgan fingerprint density at radius 1 is 1.11 bits per heavy atom. The molecule has 1 amide bonds. The Bertz CT molecular complexity index is 744. The number of benzene rings is 1. The van der Waals surface area contributed by atoms with E-state index in [0.29, 0.717) is 31.2 Å². The zero-order valence-corrected chi connectivity index (χ0v) is 16.2. The summed E-state index contributed by atoms with van der Waals surface area (Å²) in [5, 5.41) is 10.1. The Balaban J connectivity index is 1.55.